The topological polar surface area (TPSA) is 83.7 Å². The minimum Gasteiger partial charge on any atom is -0.495 e. The van der Waals surface area contributed by atoms with E-state index in [2.05, 4.69) is 10.3 Å². The third-order valence-corrected chi connectivity index (χ3v) is 5.84. The van der Waals surface area contributed by atoms with E-state index in [4.69, 9.17) is 21.1 Å². The first kappa shape index (κ1) is 25.2. The Labute approximate surface area is 205 Å². The van der Waals surface area contributed by atoms with Gasteiger partial charge in [-0.05, 0) is 62.6 Å². The average molecular weight is 484 g/mol. The molecular weight excluding hydrogens is 454 g/mol. The van der Waals surface area contributed by atoms with Crippen LogP contribution in [0, 0.1) is 20.8 Å². The maximum atomic E-state index is 13.4. The number of nitrogens with zero attached hydrogens (tertiary/aromatic N) is 1. The molecule has 0 aliphatic heterocycles. The Kier molecular flexibility index (Phi) is 8.23. The predicted octanol–water partition coefficient (Wildman–Crippen LogP) is 6.01. The van der Waals surface area contributed by atoms with Crippen LogP contribution >= 0.6 is 11.6 Å². The molecule has 8 heteroatoms. The van der Waals surface area contributed by atoms with E-state index in [1.807, 2.05) is 45.0 Å². The molecule has 180 valence electrons. The van der Waals surface area contributed by atoms with Gasteiger partial charge in [-0.3, -0.25) is 0 Å². The van der Waals surface area contributed by atoms with E-state index in [1.165, 1.54) is 7.11 Å². The maximum Gasteiger partial charge on any atom is 0.355 e. The number of aromatic amines is 1. The molecule has 0 unspecified atom stereocenters. The van der Waals surface area contributed by atoms with Crippen molar-refractivity contribution >= 4 is 29.3 Å². The number of halogens is 1. The second-order valence-corrected chi connectivity index (χ2v) is 8.50. The highest BCUT2D eigenvalue weighted by atomic mass is 35.5. The van der Waals surface area contributed by atoms with E-state index in [0.717, 1.165) is 27.9 Å². The molecule has 34 heavy (non-hydrogen) atoms. The van der Waals surface area contributed by atoms with Crippen LogP contribution in [-0.4, -0.2) is 35.6 Å². The van der Waals surface area contributed by atoms with Crippen LogP contribution in [-0.2, 0) is 17.8 Å². The van der Waals surface area contributed by atoms with Crippen LogP contribution < -0.4 is 10.1 Å². The lowest BCUT2D eigenvalue weighted by Crippen LogP contribution is -2.34. The summed E-state index contributed by atoms with van der Waals surface area (Å²) in [6.07, 6.45) is 0. The van der Waals surface area contributed by atoms with Crippen LogP contribution in [0.4, 0.5) is 10.5 Å². The highest BCUT2D eigenvalue weighted by molar-refractivity contribution is 6.31. The van der Waals surface area contributed by atoms with Crippen molar-refractivity contribution in [3.8, 4) is 5.75 Å². The molecule has 1 heterocycles. The van der Waals surface area contributed by atoms with E-state index < -0.39 is 5.97 Å². The van der Waals surface area contributed by atoms with Crippen molar-refractivity contribution < 1.29 is 19.1 Å². The van der Waals surface area contributed by atoms with Crippen molar-refractivity contribution in [3.05, 3.63) is 81.1 Å². The first-order chi connectivity index (χ1) is 16.2. The zero-order valence-corrected chi connectivity index (χ0v) is 20.9. The number of carbonyl (C=O) groups excluding carboxylic acids is 2. The summed E-state index contributed by atoms with van der Waals surface area (Å²) in [6.45, 7) is 8.46. The fourth-order valence-electron chi connectivity index (χ4n) is 3.71. The van der Waals surface area contributed by atoms with Gasteiger partial charge in [0.15, 0.2) is 0 Å². The molecule has 2 N–H and O–H groups in total. The van der Waals surface area contributed by atoms with E-state index in [-0.39, 0.29) is 19.2 Å². The summed E-state index contributed by atoms with van der Waals surface area (Å²) < 4.78 is 10.5. The third kappa shape index (κ3) is 5.91. The van der Waals surface area contributed by atoms with Crippen molar-refractivity contribution in [1.82, 2.24) is 9.88 Å². The quantitative estimate of drug-likeness (QED) is 0.384. The van der Waals surface area contributed by atoms with Gasteiger partial charge in [0.25, 0.3) is 0 Å². The first-order valence-corrected chi connectivity index (χ1v) is 11.4. The number of rotatable bonds is 8. The van der Waals surface area contributed by atoms with Gasteiger partial charge in [0, 0.05) is 23.8 Å². The fraction of sp³-hybridized carbons (Fsp3) is 0.308. The minimum absolute atomic E-state index is 0.287. The highest BCUT2D eigenvalue weighted by Crippen LogP contribution is 2.29. The number of aryl methyl sites for hydroxylation is 2. The molecule has 0 fully saturated rings. The van der Waals surface area contributed by atoms with E-state index in [1.54, 1.807) is 30.0 Å². The third-order valence-electron chi connectivity index (χ3n) is 5.61. The summed E-state index contributed by atoms with van der Waals surface area (Å²) in [5, 5.41) is 3.40. The molecule has 2 aromatic carbocycles. The predicted molar refractivity (Wildman–Crippen MR) is 134 cm³/mol. The van der Waals surface area contributed by atoms with Gasteiger partial charge < -0.3 is 24.7 Å². The lowest BCUT2D eigenvalue weighted by atomic mass is 10.1. The lowest BCUT2D eigenvalue weighted by Gasteiger charge is -2.24. The van der Waals surface area contributed by atoms with Gasteiger partial charge in [-0.2, -0.15) is 0 Å². The Balaban J connectivity index is 1.93. The van der Waals surface area contributed by atoms with Gasteiger partial charge in [0.1, 0.15) is 11.4 Å². The summed E-state index contributed by atoms with van der Waals surface area (Å²) >= 11 is 6.14. The van der Waals surface area contributed by atoms with Crippen LogP contribution in [0.1, 0.15) is 45.4 Å². The molecule has 3 aromatic rings. The lowest BCUT2D eigenvalue weighted by molar-refractivity contribution is 0.0519. The number of benzene rings is 2. The number of carbonyl (C=O) groups is 2. The number of ether oxygens (including phenoxy) is 2. The molecule has 7 nitrogen and oxygen atoms in total. The smallest absolute Gasteiger partial charge is 0.355 e. The number of hydrogen-bond acceptors (Lipinski definition) is 4. The SMILES string of the molecule is CCOC(=O)c1[nH]c(C)c(CN(Cc2ccc(C)cc2)C(=O)Nc2cc(Cl)ccc2OC)c1C. The van der Waals surface area contributed by atoms with Gasteiger partial charge in [-0.15, -0.1) is 0 Å². The molecule has 0 aliphatic carbocycles. The second kappa shape index (κ2) is 11.1. The second-order valence-electron chi connectivity index (χ2n) is 8.07. The molecule has 2 amide bonds. The summed E-state index contributed by atoms with van der Waals surface area (Å²) in [5.41, 5.74) is 5.43. The van der Waals surface area contributed by atoms with E-state index in [9.17, 15) is 9.59 Å². The Bertz CT molecular complexity index is 1170. The van der Waals surface area contributed by atoms with Crippen molar-refractivity contribution in [3.63, 3.8) is 0 Å². The normalized spacial score (nSPS) is 10.6. The van der Waals surface area contributed by atoms with Crippen LogP contribution in [0.5, 0.6) is 5.75 Å². The number of aromatic nitrogens is 1. The fourth-order valence-corrected chi connectivity index (χ4v) is 3.88. The van der Waals surface area contributed by atoms with Crippen molar-refractivity contribution in [1.29, 1.82) is 0 Å². The molecular formula is C26H30ClN3O4. The highest BCUT2D eigenvalue weighted by Gasteiger charge is 2.23. The van der Waals surface area contributed by atoms with Gasteiger partial charge in [-0.1, -0.05) is 41.4 Å². The van der Waals surface area contributed by atoms with Gasteiger partial charge in [0.05, 0.1) is 19.4 Å². The molecule has 0 saturated heterocycles. The van der Waals surface area contributed by atoms with Crippen molar-refractivity contribution in [2.24, 2.45) is 0 Å². The molecule has 0 aliphatic rings. The monoisotopic (exact) mass is 483 g/mol. The number of methoxy groups -OCH3 is 1. The van der Waals surface area contributed by atoms with Crippen LogP contribution in [0.2, 0.25) is 5.02 Å². The number of esters is 1. The number of hydrogen-bond donors (Lipinski definition) is 2. The van der Waals surface area contributed by atoms with Crippen molar-refractivity contribution in [2.45, 2.75) is 40.8 Å². The maximum absolute atomic E-state index is 13.4. The van der Waals surface area contributed by atoms with Crippen LogP contribution in [0.15, 0.2) is 42.5 Å². The molecule has 0 radical (unpaired) electrons. The number of nitrogens with one attached hydrogen (secondary N) is 2. The molecule has 1 aromatic heterocycles. The minimum atomic E-state index is -0.410. The first-order valence-electron chi connectivity index (χ1n) is 11.0. The van der Waals surface area contributed by atoms with Crippen LogP contribution in [0.25, 0.3) is 0 Å². The number of urea groups is 1. The molecule has 0 saturated carbocycles. The summed E-state index contributed by atoms with van der Waals surface area (Å²) in [7, 11) is 1.53. The zero-order valence-electron chi connectivity index (χ0n) is 20.1. The average Bonchev–Trinajstić information content (AvgIpc) is 3.08. The van der Waals surface area contributed by atoms with Gasteiger partial charge in [0.2, 0.25) is 0 Å². The summed E-state index contributed by atoms with van der Waals surface area (Å²) in [5.74, 6) is 0.0965. The molecule has 3 rings (SSSR count). The number of amides is 2. The van der Waals surface area contributed by atoms with Gasteiger partial charge >= 0.3 is 12.0 Å². The Morgan fingerprint density at radius 3 is 2.41 bits per heavy atom. The Morgan fingerprint density at radius 2 is 1.76 bits per heavy atom. The van der Waals surface area contributed by atoms with Gasteiger partial charge in [-0.25, -0.2) is 9.59 Å². The standard InChI is InChI=1S/C26H30ClN3O4/c1-6-34-25(31)24-17(3)21(18(4)28-24)15-30(14-19-9-7-16(2)8-10-19)26(32)29-22-13-20(27)11-12-23(22)33-5/h7-13,28H,6,14-15H2,1-5H3,(H,29,32). The molecule has 0 bridgehead atoms. The molecule has 0 atom stereocenters. The van der Waals surface area contributed by atoms with E-state index in [0.29, 0.717) is 28.7 Å². The largest absolute Gasteiger partial charge is 0.495 e. The Morgan fingerprint density at radius 1 is 1.06 bits per heavy atom. The summed E-state index contributed by atoms with van der Waals surface area (Å²) in [4.78, 5) is 30.6. The van der Waals surface area contributed by atoms with Crippen LogP contribution in [0.3, 0.4) is 0 Å². The Hall–Kier alpha value is -3.45. The number of H-pyrrole nitrogens is 1. The summed E-state index contributed by atoms with van der Waals surface area (Å²) in [6, 6.07) is 12.7. The molecule has 0 spiro atoms. The zero-order chi connectivity index (χ0) is 24.8. The number of anilines is 1. The van der Waals surface area contributed by atoms with E-state index >= 15 is 0 Å². The van der Waals surface area contributed by atoms with Crippen molar-refractivity contribution in [2.75, 3.05) is 19.0 Å².